The van der Waals surface area contributed by atoms with Crippen molar-refractivity contribution in [3.05, 3.63) is 77.6 Å². The second-order valence-electron chi connectivity index (χ2n) is 4.48. The molecule has 0 saturated carbocycles. The fraction of sp³-hybridized carbons (Fsp3) is 0.0588. The van der Waals surface area contributed by atoms with Gasteiger partial charge in [-0.05, 0) is 17.7 Å². The van der Waals surface area contributed by atoms with Crippen LogP contribution in [-0.4, -0.2) is 11.7 Å². The van der Waals surface area contributed by atoms with Crippen molar-refractivity contribution in [2.45, 2.75) is 6.92 Å². The molecule has 0 aliphatic heterocycles. The first-order chi connectivity index (χ1) is 10.1. The van der Waals surface area contributed by atoms with Crippen LogP contribution in [0.1, 0.15) is 22.8 Å². The van der Waals surface area contributed by atoms with Gasteiger partial charge >= 0.3 is 0 Å². The summed E-state index contributed by atoms with van der Waals surface area (Å²) < 4.78 is 13.2. The summed E-state index contributed by atoms with van der Waals surface area (Å²) in [7, 11) is 0. The lowest BCUT2D eigenvalue weighted by molar-refractivity contribution is -0.117. The molecule has 0 unspecified atom stereocenters. The predicted octanol–water partition coefficient (Wildman–Crippen LogP) is 3.19. The van der Waals surface area contributed by atoms with E-state index in [0.717, 1.165) is 6.07 Å². The van der Waals surface area contributed by atoms with Crippen LogP contribution in [0, 0.1) is 5.82 Å². The number of allylic oxidation sites excluding steroid dienone is 1. The van der Waals surface area contributed by atoms with Crippen LogP contribution in [0.5, 0.6) is 0 Å². The maximum atomic E-state index is 13.2. The van der Waals surface area contributed by atoms with E-state index in [-0.39, 0.29) is 17.3 Å². The first-order valence-electron chi connectivity index (χ1n) is 6.41. The van der Waals surface area contributed by atoms with Gasteiger partial charge in [0.05, 0.1) is 5.70 Å². The SMILES string of the molecule is CC(=O)N/C(=C\C(=O)c1cccc(F)c1)c1ccccc1. The van der Waals surface area contributed by atoms with Crippen LogP contribution in [0.4, 0.5) is 4.39 Å². The molecule has 2 aromatic rings. The highest BCUT2D eigenvalue weighted by atomic mass is 19.1. The molecule has 1 N–H and O–H groups in total. The average molecular weight is 283 g/mol. The Labute approximate surface area is 122 Å². The van der Waals surface area contributed by atoms with Crippen LogP contribution in [0.3, 0.4) is 0 Å². The molecule has 21 heavy (non-hydrogen) atoms. The monoisotopic (exact) mass is 283 g/mol. The first kappa shape index (κ1) is 14.7. The number of rotatable bonds is 4. The molecule has 0 fully saturated rings. The maximum absolute atomic E-state index is 13.2. The highest BCUT2D eigenvalue weighted by Gasteiger charge is 2.09. The third-order valence-corrected chi connectivity index (χ3v) is 2.78. The summed E-state index contributed by atoms with van der Waals surface area (Å²) in [6.07, 6.45) is 1.30. The molecule has 0 heterocycles. The lowest BCUT2D eigenvalue weighted by Crippen LogP contribution is -2.19. The van der Waals surface area contributed by atoms with E-state index in [1.54, 1.807) is 24.3 Å². The van der Waals surface area contributed by atoms with Crippen molar-refractivity contribution in [3.8, 4) is 0 Å². The summed E-state index contributed by atoms with van der Waals surface area (Å²) in [6, 6.07) is 14.4. The summed E-state index contributed by atoms with van der Waals surface area (Å²) in [6.45, 7) is 1.36. The second kappa shape index (κ2) is 6.61. The van der Waals surface area contributed by atoms with Crippen LogP contribution < -0.4 is 5.32 Å². The molecule has 1 amide bonds. The van der Waals surface area contributed by atoms with E-state index in [1.165, 1.54) is 31.2 Å². The molecule has 2 aromatic carbocycles. The highest BCUT2D eigenvalue weighted by Crippen LogP contribution is 2.13. The molecule has 0 bridgehead atoms. The molecule has 0 aliphatic rings. The minimum absolute atomic E-state index is 0.230. The number of amides is 1. The number of ketones is 1. The molecule has 4 heteroatoms. The third-order valence-electron chi connectivity index (χ3n) is 2.78. The predicted molar refractivity (Wildman–Crippen MR) is 79.0 cm³/mol. The molecule has 0 spiro atoms. The van der Waals surface area contributed by atoms with Gasteiger partial charge in [-0.25, -0.2) is 4.39 Å². The van der Waals surface area contributed by atoms with Crippen LogP contribution in [-0.2, 0) is 4.79 Å². The molecule has 106 valence electrons. The van der Waals surface area contributed by atoms with E-state index in [2.05, 4.69) is 5.32 Å². The van der Waals surface area contributed by atoms with Gasteiger partial charge in [-0.15, -0.1) is 0 Å². The van der Waals surface area contributed by atoms with Gasteiger partial charge in [-0.3, -0.25) is 9.59 Å². The Hall–Kier alpha value is -2.75. The lowest BCUT2D eigenvalue weighted by Gasteiger charge is -2.08. The van der Waals surface area contributed by atoms with E-state index in [4.69, 9.17) is 0 Å². The summed E-state index contributed by atoms with van der Waals surface area (Å²) in [5.41, 5.74) is 1.32. The largest absolute Gasteiger partial charge is 0.326 e. The molecular formula is C17H14FNO2. The number of carbonyl (C=O) groups excluding carboxylic acids is 2. The number of carbonyl (C=O) groups is 2. The minimum atomic E-state index is -0.477. The van der Waals surface area contributed by atoms with Crippen molar-refractivity contribution in [2.24, 2.45) is 0 Å². The lowest BCUT2D eigenvalue weighted by atomic mass is 10.1. The average Bonchev–Trinajstić information content (AvgIpc) is 2.47. The smallest absolute Gasteiger partial charge is 0.221 e. The Morgan fingerprint density at radius 1 is 1.00 bits per heavy atom. The standard InChI is InChI=1S/C17H14FNO2/c1-12(20)19-16(13-6-3-2-4-7-13)11-17(21)14-8-5-9-15(18)10-14/h2-11H,1H3,(H,19,20)/b16-11-. The fourth-order valence-corrected chi connectivity index (χ4v) is 1.86. The number of hydrogen-bond donors (Lipinski definition) is 1. The van der Waals surface area contributed by atoms with E-state index in [0.29, 0.717) is 11.3 Å². The van der Waals surface area contributed by atoms with E-state index in [1.807, 2.05) is 6.07 Å². The zero-order chi connectivity index (χ0) is 15.2. The second-order valence-corrected chi connectivity index (χ2v) is 4.48. The Bertz CT molecular complexity index is 693. The summed E-state index contributed by atoms with van der Waals surface area (Å²) in [5, 5.41) is 2.62. The summed E-state index contributed by atoms with van der Waals surface area (Å²) in [5.74, 6) is -1.13. The van der Waals surface area contributed by atoms with Gasteiger partial charge in [0.1, 0.15) is 5.82 Å². The normalized spacial score (nSPS) is 11.0. The fourth-order valence-electron chi connectivity index (χ4n) is 1.86. The number of nitrogens with one attached hydrogen (secondary N) is 1. The van der Waals surface area contributed by atoms with Gasteiger partial charge in [0.2, 0.25) is 5.91 Å². The van der Waals surface area contributed by atoms with Crippen molar-refractivity contribution < 1.29 is 14.0 Å². The summed E-state index contributed by atoms with van der Waals surface area (Å²) >= 11 is 0. The summed E-state index contributed by atoms with van der Waals surface area (Å²) in [4.78, 5) is 23.4. The van der Waals surface area contributed by atoms with Gasteiger partial charge < -0.3 is 5.32 Å². The van der Waals surface area contributed by atoms with E-state index < -0.39 is 5.82 Å². The van der Waals surface area contributed by atoms with Crippen molar-refractivity contribution in [1.29, 1.82) is 0 Å². The van der Waals surface area contributed by atoms with E-state index >= 15 is 0 Å². The van der Waals surface area contributed by atoms with Gasteiger partial charge in [0.15, 0.2) is 5.78 Å². The maximum Gasteiger partial charge on any atom is 0.221 e. The van der Waals surface area contributed by atoms with Crippen LogP contribution >= 0.6 is 0 Å². The quantitative estimate of drug-likeness (QED) is 0.692. The zero-order valence-corrected chi connectivity index (χ0v) is 11.5. The van der Waals surface area contributed by atoms with Crippen molar-refractivity contribution in [3.63, 3.8) is 0 Å². The van der Waals surface area contributed by atoms with Crippen LogP contribution in [0.15, 0.2) is 60.7 Å². The molecular weight excluding hydrogens is 269 g/mol. The van der Waals surface area contributed by atoms with Gasteiger partial charge in [0, 0.05) is 18.6 Å². The molecule has 3 nitrogen and oxygen atoms in total. The van der Waals surface area contributed by atoms with Gasteiger partial charge in [0.25, 0.3) is 0 Å². The van der Waals surface area contributed by atoms with Crippen molar-refractivity contribution >= 4 is 17.4 Å². The zero-order valence-electron chi connectivity index (χ0n) is 11.5. The van der Waals surface area contributed by atoms with Crippen molar-refractivity contribution in [1.82, 2.24) is 5.32 Å². The third kappa shape index (κ3) is 4.11. The van der Waals surface area contributed by atoms with E-state index in [9.17, 15) is 14.0 Å². The topological polar surface area (TPSA) is 46.2 Å². The Morgan fingerprint density at radius 3 is 2.29 bits per heavy atom. The van der Waals surface area contributed by atoms with Gasteiger partial charge in [-0.2, -0.15) is 0 Å². The highest BCUT2D eigenvalue weighted by molar-refractivity contribution is 6.09. The molecule has 0 aliphatic carbocycles. The van der Waals surface area contributed by atoms with Crippen LogP contribution in [0.2, 0.25) is 0 Å². The minimum Gasteiger partial charge on any atom is -0.326 e. The molecule has 2 rings (SSSR count). The Kier molecular flexibility index (Phi) is 4.61. The Balaban J connectivity index is 2.36. The van der Waals surface area contributed by atoms with Crippen molar-refractivity contribution in [2.75, 3.05) is 0 Å². The molecule has 0 aromatic heterocycles. The first-order valence-corrected chi connectivity index (χ1v) is 6.41. The number of hydrogen-bond acceptors (Lipinski definition) is 2. The Morgan fingerprint density at radius 2 is 1.67 bits per heavy atom. The molecule has 0 saturated heterocycles. The number of halogens is 1. The molecule has 0 radical (unpaired) electrons. The number of benzene rings is 2. The van der Waals surface area contributed by atoms with Crippen LogP contribution in [0.25, 0.3) is 5.70 Å². The van der Waals surface area contributed by atoms with Gasteiger partial charge in [-0.1, -0.05) is 42.5 Å². The molecule has 0 atom stereocenters.